The molecule has 6 heteroatoms. The number of unbranched alkanes of at least 4 members (excludes halogenated alkanes) is 10. The number of azo groups is 2. The van der Waals surface area contributed by atoms with Gasteiger partial charge in [0.25, 0.3) is 0 Å². The number of hydrogen-bond donors (Lipinski definition) is 0. The van der Waals surface area contributed by atoms with Gasteiger partial charge in [0.15, 0.2) is 0 Å². The standard InChI is InChI=1S/C70H58N6/c1-6-9-12-15-18-19-20-21-22-25-30-54-70(5)75(59-46-40-56(41-47-59)32-26-23-16-13-10-7-2)67-37-31-36-63-66(52-53-68(69(63)67)76(70)60-48-42-57(43-49-60)33-27-24-17-14-11-8-3)74-73-65-51-50-64(61-34-28-29-35-62(61)65)72-71-58-44-38-55(4)39-45-58/h2-3,28-29,31,34-53H,6,9,12,15,18-22,25,30,54H2,1,4-5H3. The number of rotatable bonds is 18. The summed E-state index contributed by atoms with van der Waals surface area (Å²) in [6, 6.07) is 47.7. The highest BCUT2D eigenvalue weighted by Crippen LogP contribution is 2.55. The third kappa shape index (κ3) is 13.3. The van der Waals surface area contributed by atoms with Crippen LogP contribution < -0.4 is 9.80 Å². The molecular formula is C70H58N6. The SMILES string of the molecule is C#CC#CC#CC#Cc1ccc(N2c3cccc4c(N=Nc5ccc(N=Nc6ccc(C)cc6)c6ccccc56)ccc(c34)N(c3ccc(C#CC#CC#CC#C)cc3)C2(C)CCCCCCCCCCCCC)cc1. The lowest BCUT2D eigenvalue weighted by atomic mass is 9.89. The number of benzene rings is 7. The minimum Gasteiger partial charge on any atom is -0.317 e. The van der Waals surface area contributed by atoms with Crippen LogP contribution in [-0.2, 0) is 0 Å². The van der Waals surface area contributed by atoms with E-state index < -0.39 is 5.66 Å². The lowest BCUT2D eigenvalue weighted by Gasteiger charge is -2.55. The molecule has 76 heavy (non-hydrogen) atoms. The predicted molar refractivity (Wildman–Crippen MR) is 317 cm³/mol. The first-order valence-electron chi connectivity index (χ1n) is 26.1. The van der Waals surface area contributed by atoms with Gasteiger partial charge in [-0.05, 0) is 189 Å². The average Bonchev–Trinajstić information content (AvgIpc) is 3.57. The molecule has 1 unspecified atom stereocenters. The van der Waals surface area contributed by atoms with Gasteiger partial charge >= 0.3 is 0 Å². The van der Waals surface area contributed by atoms with Crippen LogP contribution in [0.5, 0.6) is 0 Å². The van der Waals surface area contributed by atoms with Gasteiger partial charge in [-0.15, -0.1) is 28.2 Å². The molecule has 0 aliphatic carbocycles. The molecule has 0 saturated heterocycles. The van der Waals surface area contributed by atoms with Crippen LogP contribution in [0, 0.1) is 103 Å². The molecule has 0 fully saturated rings. The van der Waals surface area contributed by atoms with Crippen LogP contribution in [0.15, 0.2) is 160 Å². The van der Waals surface area contributed by atoms with Crippen molar-refractivity contribution in [3.05, 3.63) is 156 Å². The molecule has 6 nitrogen and oxygen atoms in total. The average molecular weight is 983 g/mol. The van der Waals surface area contributed by atoms with Gasteiger partial charge in [0.05, 0.1) is 34.1 Å². The number of nitrogens with zero attached hydrogens (tertiary/aromatic N) is 6. The van der Waals surface area contributed by atoms with E-state index >= 15 is 0 Å². The Labute approximate surface area is 450 Å². The van der Waals surface area contributed by atoms with Crippen molar-refractivity contribution in [2.75, 3.05) is 9.80 Å². The van der Waals surface area contributed by atoms with E-state index in [0.29, 0.717) is 0 Å². The zero-order valence-corrected chi connectivity index (χ0v) is 43.6. The molecule has 0 amide bonds. The molecule has 0 spiro atoms. The summed E-state index contributed by atoms with van der Waals surface area (Å²) in [7, 11) is 0. The first-order chi connectivity index (χ1) is 37.4. The smallest absolute Gasteiger partial charge is 0.119 e. The number of aryl methyl sites for hydroxylation is 1. The van der Waals surface area contributed by atoms with Gasteiger partial charge in [0, 0.05) is 44.0 Å². The summed E-state index contributed by atoms with van der Waals surface area (Å²) in [5, 5.41) is 23.1. The highest BCUT2D eigenvalue weighted by Gasteiger charge is 2.45. The Morgan fingerprint density at radius 3 is 1.38 bits per heavy atom. The van der Waals surface area contributed by atoms with Gasteiger partial charge in [-0.25, -0.2) is 0 Å². The normalized spacial score (nSPS) is 13.1. The predicted octanol–water partition coefficient (Wildman–Crippen LogP) is 17.8. The Morgan fingerprint density at radius 1 is 0.421 bits per heavy atom. The molecule has 8 rings (SSSR count). The van der Waals surface area contributed by atoms with E-state index in [1.807, 2.05) is 54.6 Å². The first kappa shape index (κ1) is 52.7. The zero-order chi connectivity index (χ0) is 52.8. The maximum absolute atomic E-state index is 5.25. The Balaban J connectivity index is 1.20. The van der Waals surface area contributed by atoms with E-state index in [1.54, 1.807) is 0 Å². The number of anilines is 4. The summed E-state index contributed by atoms with van der Waals surface area (Å²) >= 11 is 0. The summed E-state index contributed by atoms with van der Waals surface area (Å²) in [6.45, 7) is 6.70. The summed E-state index contributed by atoms with van der Waals surface area (Å²) in [6.07, 6.45) is 25.3. The molecule has 0 bridgehead atoms. The van der Waals surface area contributed by atoms with Crippen molar-refractivity contribution < 1.29 is 0 Å². The van der Waals surface area contributed by atoms with Crippen molar-refractivity contribution >= 4 is 67.0 Å². The highest BCUT2D eigenvalue weighted by molar-refractivity contribution is 6.13. The van der Waals surface area contributed by atoms with Crippen molar-refractivity contribution in [2.24, 2.45) is 20.5 Å². The molecule has 0 aromatic heterocycles. The van der Waals surface area contributed by atoms with Gasteiger partial charge in [0.2, 0.25) is 0 Å². The first-order valence-corrected chi connectivity index (χ1v) is 26.1. The summed E-state index contributed by atoms with van der Waals surface area (Å²) < 4.78 is 0. The molecule has 1 atom stereocenters. The fourth-order valence-corrected chi connectivity index (χ4v) is 9.74. The molecule has 7 aromatic rings. The van der Waals surface area contributed by atoms with E-state index in [2.05, 4.69) is 209 Å². The van der Waals surface area contributed by atoms with E-state index in [1.165, 1.54) is 63.4 Å². The van der Waals surface area contributed by atoms with Crippen molar-refractivity contribution in [1.82, 2.24) is 0 Å². The minimum atomic E-state index is -0.580. The maximum atomic E-state index is 5.25. The second-order valence-electron chi connectivity index (χ2n) is 18.7. The molecular weight excluding hydrogens is 925 g/mol. The van der Waals surface area contributed by atoms with E-state index in [4.69, 9.17) is 23.1 Å². The maximum Gasteiger partial charge on any atom is 0.119 e. The summed E-state index contributed by atoms with van der Waals surface area (Å²) in [5.74, 6) is 38.0. The Hall–Kier alpha value is -9.66. The zero-order valence-electron chi connectivity index (χ0n) is 43.6. The Kier molecular flexibility index (Phi) is 18.6. The van der Waals surface area contributed by atoms with Gasteiger partial charge in [0.1, 0.15) is 5.66 Å². The molecule has 1 aliphatic rings. The minimum absolute atomic E-state index is 0.580. The molecule has 368 valence electrons. The van der Waals surface area contributed by atoms with Crippen LogP contribution in [0.2, 0.25) is 0 Å². The summed E-state index contributed by atoms with van der Waals surface area (Å²) in [4.78, 5) is 5.01. The van der Waals surface area contributed by atoms with Crippen molar-refractivity contribution in [3.8, 4) is 95.7 Å². The fraction of sp³-hybridized carbons (Fsp3) is 0.229. The van der Waals surface area contributed by atoms with Crippen LogP contribution in [0.1, 0.15) is 108 Å². The molecule has 7 aromatic carbocycles. The lowest BCUT2D eigenvalue weighted by molar-refractivity contribution is 0.403. The monoisotopic (exact) mass is 982 g/mol. The van der Waals surface area contributed by atoms with Crippen molar-refractivity contribution in [3.63, 3.8) is 0 Å². The van der Waals surface area contributed by atoms with Crippen LogP contribution in [-0.4, -0.2) is 5.66 Å². The molecule has 0 radical (unpaired) electrons. The van der Waals surface area contributed by atoms with E-state index in [-0.39, 0.29) is 0 Å². The highest BCUT2D eigenvalue weighted by atomic mass is 15.4. The summed E-state index contributed by atoms with van der Waals surface area (Å²) in [5.41, 5.74) is 9.50. The Bertz CT molecular complexity index is 3630. The number of fused-ring (bicyclic) bond motifs is 1. The van der Waals surface area contributed by atoms with Gasteiger partial charge in [-0.1, -0.05) is 137 Å². The van der Waals surface area contributed by atoms with E-state index in [9.17, 15) is 0 Å². The third-order valence-corrected chi connectivity index (χ3v) is 13.4. The fourth-order valence-electron chi connectivity index (χ4n) is 9.74. The molecule has 0 saturated carbocycles. The molecule has 0 N–H and O–H groups in total. The molecule has 1 aliphatic heterocycles. The van der Waals surface area contributed by atoms with Crippen LogP contribution >= 0.6 is 0 Å². The van der Waals surface area contributed by atoms with Crippen molar-refractivity contribution in [1.29, 1.82) is 0 Å². The number of terminal acetylenes is 2. The van der Waals surface area contributed by atoms with Crippen LogP contribution in [0.3, 0.4) is 0 Å². The second-order valence-corrected chi connectivity index (χ2v) is 18.7. The van der Waals surface area contributed by atoms with E-state index in [0.717, 1.165) is 97.4 Å². The number of hydrogen-bond acceptors (Lipinski definition) is 6. The van der Waals surface area contributed by atoms with Gasteiger partial charge in [-0.3, -0.25) is 0 Å². The quantitative estimate of drug-likeness (QED) is 0.0489. The molecule has 1 heterocycles. The second kappa shape index (κ2) is 26.9. The third-order valence-electron chi connectivity index (χ3n) is 13.4. The topological polar surface area (TPSA) is 55.9 Å². The largest absolute Gasteiger partial charge is 0.317 e. The van der Waals surface area contributed by atoms with Crippen LogP contribution in [0.4, 0.5) is 45.5 Å². The van der Waals surface area contributed by atoms with Crippen molar-refractivity contribution in [2.45, 2.75) is 103 Å². The van der Waals surface area contributed by atoms with Crippen LogP contribution in [0.25, 0.3) is 21.5 Å². The lowest BCUT2D eigenvalue weighted by Crippen LogP contribution is -2.57. The van der Waals surface area contributed by atoms with Gasteiger partial charge in [-0.2, -0.15) is 5.11 Å². The van der Waals surface area contributed by atoms with Gasteiger partial charge < -0.3 is 9.80 Å². The Morgan fingerprint density at radius 2 is 0.855 bits per heavy atom.